The smallest absolute Gasteiger partial charge is 0.125 e. The van der Waals surface area contributed by atoms with Crippen LogP contribution < -0.4 is 14.2 Å². The number of thiazole rings is 1. The zero-order valence-corrected chi connectivity index (χ0v) is 25.8. The number of aromatic hydroxyl groups is 1. The Labute approximate surface area is 261 Å². The van der Waals surface area contributed by atoms with Gasteiger partial charge in [0.05, 0.1) is 31.5 Å². The molecule has 6 heteroatoms. The van der Waals surface area contributed by atoms with Crippen LogP contribution >= 0.6 is 11.3 Å². The number of rotatable bonds is 4. The van der Waals surface area contributed by atoms with E-state index in [1.165, 1.54) is 0 Å². The van der Waals surface area contributed by atoms with E-state index in [0.717, 1.165) is 82.5 Å². The maximum absolute atomic E-state index is 11.8. The third-order valence-electron chi connectivity index (χ3n) is 8.48. The summed E-state index contributed by atoms with van der Waals surface area (Å²) in [5, 5.41) is 12.7. The number of nitrogens with zero attached hydrogens (tertiary/aromatic N) is 1. The highest BCUT2D eigenvalue weighted by Crippen LogP contribution is 2.40. The number of aromatic nitrogens is 1. The maximum atomic E-state index is 11.8. The molecule has 0 atom stereocenters. The first kappa shape index (κ1) is 28.0. The number of ether oxygens (including phenoxy) is 3. The van der Waals surface area contributed by atoms with Crippen molar-refractivity contribution in [1.29, 1.82) is 0 Å². The van der Waals surface area contributed by atoms with Crippen LogP contribution in [0.3, 0.4) is 0 Å². The monoisotopic (exact) mass is 599 g/mol. The van der Waals surface area contributed by atoms with Gasteiger partial charge in [-0.1, -0.05) is 66.7 Å². The molecule has 44 heavy (non-hydrogen) atoms. The molecule has 6 aromatic rings. The molecule has 5 nitrogen and oxygen atoms in total. The number of hydrogen-bond acceptors (Lipinski definition) is 6. The second kappa shape index (κ2) is 11.7. The van der Waals surface area contributed by atoms with Crippen LogP contribution in [0.1, 0.15) is 44.5 Å². The van der Waals surface area contributed by atoms with E-state index in [4.69, 9.17) is 19.2 Å². The average molecular weight is 600 g/mol. The highest BCUT2D eigenvalue weighted by Gasteiger charge is 2.21. The summed E-state index contributed by atoms with van der Waals surface area (Å²) in [5.74, 6) is 2.81. The van der Waals surface area contributed by atoms with E-state index < -0.39 is 0 Å². The normalized spacial score (nSPS) is 12.6. The van der Waals surface area contributed by atoms with Crippen LogP contribution in [-0.4, -0.2) is 31.4 Å². The van der Waals surface area contributed by atoms with Crippen molar-refractivity contribution in [2.24, 2.45) is 0 Å². The van der Waals surface area contributed by atoms with Gasteiger partial charge in [0, 0.05) is 31.2 Å². The van der Waals surface area contributed by atoms with Gasteiger partial charge in [-0.3, -0.25) is 0 Å². The molecular weight excluding hydrogens is 566 g/mol. The summed E-state index contributed by atoms with van der Waals surface area (Å²) in [4.78, 5) is 4.96. The van der Waals surface area contributed by atoms with Crippen LogP contribution in [0.4, 0.5) is 0 Å². The molecule has 1 aromatic heterocycles. The molecule has 0 saturated carbocycles. The van der Waals surface area contributed by atoms with Crippen LogP contribution in [0, 0.1) is 0 Å². The van der Waals surface area contributed by atoms with Crippen molar-refractivity contribution in [3.8, 4) is 33.6 Å². The van der Waals surface area contributed by atoms with E-state index in [-0.39, 0.29) is 5.75 Å². The van der Waals surface area contributed by atoms with Gasteiger partial charge in [-0.05, 0) is 68.8 Å². The van der Waals surface area contributed by atoms with Gasteiger partial charge in [0.25, 0.3) is 0 Å². The first-order chi connectivity index (χ1) is 21.6. The molecule has 0 spiro atoms. The molecule has 7 rings (SSSR count). The molecule has 1 N–H and O–H groups in total. The molecule has 1 heterocycles. The van der Waals surface area contributed by atoms with Gasteiger partial charge in [-0.25, -0.2) is 4.98 Å². The van der Waals surface area contributed by atoms with Gasteiger partial charge in [0.15, 0.2) is 0 Å². The molecule has 0 radical (unpaired) electrons. The van der Waals surface area contributed by atoms with E-state index >= 15 is 0 Å². The van der Waals surface area contributed by atoms with Crippen molar-refractivity contribution in [2.45, 2.75) is 25.7 Å². The molecule has 8 bridgehead atoms. The lowest BCUT2D eigenvalue weighted by Crippen LogP contribution is -2.05. The van der Waals surface area contributed by atoms with Crippen LogP contribution in [-0.2, 0) is 25.7 Å². The maximum Gasteiger partial charge on any atom is 0.125 e. The molecule has 5 aromatic carbocycles. The fraction of sp³-hybridized carbons (Fsp3) is 0.184. The van der Waals surface area contributed by atoms with Crippen molar-refractivity contribution in [2.75, 3.05) is 21.3 Å². The first-order valence-electron chi connectivity index (χ1n) is 14.7. The quantitative estimate of drug-likeness (QED) is 0.220. The molecule has 0 unspecified atom stereocenters. The third-order valence-corrected chi connectivity index (χ3v) is 9.56. The summed E-state index contributed by atoms with van der Waals surface area (Å²) in [6.07, 6.45) is 2.30. The first-order valence-corrected chi connectivity index (χ1v) is 15.5. The zero-order chi connectivity index (χ0) is 30.2. The number of benzene rings is 5. The van der Waals surface area contributed by atoms with E-state index in [9.17, 15) is 5.11 Å². The van der Waals surface area contributed by atoms with Crippen molar-refractivity contribution in [3.63, 3.8) is 0 Å². The Morgan fingerprint density at radius 3 is 1.36 bits per heavy atom. The highest BCUT2D eigenvalue weighted by atomic mass is 32.1. The minimum absolute atomic E-state index is 0.286. The van der Waals surface area contributed by atoms with Gasteiger partial charge >= 0.3 is 0 Å². The second-order valence-corrected chi connectivity index (χ2v) is 12.2. The van der Waals surface area contributed by atoms with Crippen molar-refractivity contribution < 1.29 is 19.3 Å². The summed E-state index contributed by atoms with van der Waals surface area (Å²) >= 11 is 1.66. The standard InChI is InChI=1S/C38H33NO4S/c1-41-35-23-9-6-10-24(35)18-26-12-8-14-28(37(26)43-3)20-30-22-31(38-39-32-15-4-5-16-33(32)44-38)21-29(34(30)40)19-27-13-7-11-25(17-23)36(27)42-2/h4-16,21-22,40H,17-20H2,1-3H3. The molecule has 1 aliphatic rings. The Hall–Kier alpha value is -4.81. The second-order valence-electron chi connectivity index (χ2n) is 11.2. The van der Waals surface area contributed by atoms with Crippen molar-refractivity contribution in [3.05, 3.63) is 136 Å². The van der Waals surface area contributed by atoms with Gasteiger partial charge in [0.1, 0.15) is 28.0 Å². The predicted octanol–water partition coefficient (Wildman–Crippen LogP) is 8.37. The van der Waals surface area contributed by atoms with Crippen LogP contribution in [0.15, 0.2) is 91.0 Å². The number of methoxy groups -OCH3 is 3. The lowest BCUT2D eigenvalue weighted by atomic mass is 9.90. The van der Waals surface area contributed by atoms with E-state index in [1.54, 1.807) is 32.7 Å². The third kappa shape index (κ3) is 5.05. The minimum Gasteiger partial charge on any atom is -0.507 e. The molecule has 0 saturated heterocycles. The molecular formula is C38H33NO4S. The number of phenols is 1. The summed E-state index contributed by atoms with van der Waals surface area (Å²) < 4.78 is 19.3. The highest BCUT2D eigenvalue weighted by molar-refractivity contribution is 7.21. The Morgan fingerprint density at radius 1 is 0.545 bits per heavy atom. The number of fused-ring (bicyclic) bond motifs is 9. The molecule has 220 valence electrons. The van der Waals surface area contributed by atoms with E-state index in [1.807, 2.05) is 18.2 Å². The fourth-order valence-corrected chi connectivity index (χ4v) is 7.46. The fourth-order valence-electron chi connectivity index (χ4n) is 6.51. The predicted molar refractivity (Wildman–Crippen MR) is 177 cm³/mol. The Bertz CT molecular complexity index is 1880. The summed E-state index contributed by atoms with van der Waals surface area (Å²) in [6, 6.07) is 31.2. The largest absolute Gasteiger partial charge is 0.507 e. The zero-order valence-electron chi connectivity index (χ0n) is 25.0. The van der Waals surface area contributed by atoms with Crippen LogP contribution in [0.5, 0.6) is 23.0 Å². The lowest BCUT2D eigenvalue weighted by Gasteiger charge is -2.20. The van der Waals surface area contributed by atoms with Gasteiger partial charge in [-0.2, -0.15) is 0 Å². The van der Waals surface area contributed by atoms with Crippen molar-refractivity contribution in [1.82, 2.24) is 4.98 Å². The Morgan fingerprint density at radius 2 is 0.955 bits per heavy atom. The summed E-state index contributed by atoms with van der Waals surface area (Å²) in [6.45, 7) is 0. The lowest BCUT2D eigenvalue weighted by molar-refractivity contribution is 0.398. The molecule has 0 aliphatic heterocycles. The van der Waals surface area contributed by atoms with E-state index in [0.29, 0.717) is 25.7 Å². The summed E-state index contributed by atoms with van der Waals surface area (Å²) in [7, 11) is 5.17. The van der Waals surface area contributed by atoms with Gasteiger partial charge in [0.2, 0.25) is 0 Å². The molecule has 0 fully saturated rings. The van der Waals surface area contributed by atoms with Gasteiger partial charge in [-0.15, -0.1) is 11.3 Å². The SMILES string of the molecule is COc1c2cccc1Cc1cccc(c1OC)Cc1cccc(c1OC)Cc1cc(-c3nc4ccccc4s3)cc(c1O)C2. The number of para-hydroxylation sites is 4. The Kier molecular flexibility index (Phi) is 7.44. The van der Waals surface area contributed by atoms with Gasteiger partial charge < -0.3 is 19.3 Å². The number of hydrogen-bond donors (Lipinski definition) is 1. The minimum atomic E-state index is 0.286. The van der Waals surface area contributed by atoms with E-state index in [2.05, 4.69) is 72.8 Å². The van der Waals surface area contributed by atoms with Crippen LogP contribution in [0.2, 0.25) is 0 Å². The average Bonchev–Trinajstić information content (AvgIpc) is 3.47. The topological polar surface area (TPSA) is 60.8 Å². The molecule has 1 aliphatic carbocycles. The number of phenolic OH excluding ortho intramolecular Hbond substituents is 1. The van der Waals surface area contributed by atoms with Crippen molar-refractivity contribution >= 4 is 21.6 Å². The van der Waals surface area contributed by atoms with Crippen LogP contribution in [0.25, 0.3) is 20.8 Å². The Balaban J connectivity index is 1.46. The molecule has 0 amide bonds. The summed E-state index contributed by atoms with van der Waals surface area (Å²) in [5.41, 5.74) is 9.94.